The molecule has 1 atom stereocenters. The second-order valence-corrected chi connectivity index (χ2v) is 3.88. The van der Waals surface area contributed by atoms with Crippen molar-refractivity contribution in [3.8, 4) is 0 Å². The molecule has 0 amide bonds. The van der Waals surface area contributed by atoms with Gasteiger partial charge in [0.15, 0.2) is 5.85 Å². The highest BCUT2D eigenvalue weighted by atomic mass is 31.2. The van der Waals surface area contributed by atoms with Gasteiger partial charge in [-0.2, -0.15) is 0 Å². The van der Waals surface area contributed by atoms with Gasteiger partial charge in [-0.25, -0.2) is 0 Å². The van der Waals surface area contributed by atoms with Crippen LogP contribution in [0.25, 0.3) is 0 Å². The fraction of sp³-hybridized carbons (Fsp3) is 0.600. The van der Waals surface area contributed by atoms with Crippen LogP contribution >= 0.6 is 7.60 Å². The first kappa shape index (κ1) is 7.79. The maximum Gasteiger partial charge on any atom is 0.365 e. The van der Waals surface area contributed by atoms with Gasteiger partial charge >= 0.3 is 7.60 Å². The molecule has 10 heavy (non-hydrogen) atoms. The Kier molecular flexibility index (Phi) is 2.14. The van der Waals surface area contributed by atoms with Crippen LogP contribution in [-0.4, -0.2) is 15.6 Å². The van der Waals surface area contributed by atoms with E-state index in [1.807, 2.05) is 0 Å². The Morgan fingerprint density at radius 3 is 2.60 bits per heavy atom. The van der Waals surface area contributed by atoms with Crippen LogP contribution < -0.4 is 0 Å². The van der Waals surface area contributed by atoms with Crippen molar-refractivity contribution in [3.05, 3.63) is 12.3 Å². The Hall–Kier alpha value is -0.310. The average Bonchev–Trinajstić information content (AvgIpc) is 1.88. The molecule has 5 heteroatoms. The van der Waals surface area contributed by atoms with Crippen LogP contribution in [0.1, 0.15) is 12.8 Å². The smallest absolute Gasteiger partial charge is 0.365 e. The van der Waals surface area contributed by atoms with Gasteiger partial charge in [0.25, 0.3) is 0 Å². The molecule has 0 fully saturated rings. The Morgan fingerprint density at radius 1 is 1.60 bits per heavy atom. The summed E-state index contributed by atoms with van der Waals surface area (Å²) in [5, 5.41) is 0. The van der Waals surface area contributed by atoms with Crippen LogP contribution in [0.4, 0.5) is 0 Å². The minimum atomic E-state index is -4.01. The summed E-state index contributed by atoms with van der Waals surface area (Å²) >= 11 is 0. The summed E-state index contributed by atoms with van der Waals surface area (Å²) in [6.07, 6.45) is 4.16. The van der Waals surface area contributed by atoms with Crippen LogP contribution in [0.2, 0.25) is 0 Å². The molecule has 1 aliphatic rings. The van der Waals surface area contributed by atoms with Crippen molar-refractivity contribution in [1.29, 1.82) is 0 Å². The van der Waals surface area contributed by atoms with E-state index in [9.17, 15) is 4.57 Å². The first-order chi connectivity index (χ1) is 4.61. The Bertz CT molecular complexity index is 182. The summed E-state index contributed by atoms with van der Waals surface area (Å²) in [6, 6.07) is 0. The molecule has 1 heterocycles. The van der Waals surface area contributed by atoms with Crippen LogP contribution in [0.15, 0.2) is 12.3 Å². The molecule has 4 nitrogen and oxygen atoms in total. The lowest BCUT2D eigenvalue weighted by Gasteiger charge is -2.19. The van der Waals surface area contributed by atoms with Crippen LogP contribution in [0, 0.1) is 0 Å². The van der Waals surface area contributed by atoms with E-state index >= 15 is 0 Å². The van der Waals surface area contributed by atoms with Crippen molar-refractivity contribution in [1.82, 2.24) is 0 Å². The monoisotopic (exact) mass is 164 g/mol. The van der Waals surface area contributed by atoms with Crippen molar-refractivity contribution < 1.29 is 19.1 Å². The second-order valence-electron chi connectivity index (χ2n) is 2.13. The quantitative estimate of drug-likeness (QED) is 0.563. The average molecular weight is 164 g/mol. The van der Waals surface area contributed by atoms with Crippen LogP contribution in [0.5, 0.6) is 0 Å². The van der Waals surface area contributed by atoms with Crippen molar-refractivity contribution in [2.45, 2.75) is 18.7 Å². The molecular weight excluding hydrogens is 155 g/mol. The summed E-state index contributed by atoms with van der Waals surface area (Å²) < 4.78 is 15.2. The zero-order valence-corrected chi connectivity index (χ0v) is 6.20. The van der Waals surface area contributed by atoms with E-state index in [1.54, 1.807) is 6.08 Å². The molecule has 0 saturated carbocycles. The number of ether oxygens (including phenoxy) is 1. The van der Waals surface area contributed by atoms with E-state index in [-0.39, 0.29) is 0 Å². The molecule has 0 aromatic carbocycles. The van der Waals surface area contributed by atoms with Crippen LogP contribution in [0.3, 0.4) is 0 Å². The van der Waals surface area contributed by atoms with Gasteiger partial charge in [-0.15, -0.1) is 0 Å². The molecule has 0 aliphatic carbocycles. The van der Waals surface area contributed by atoms with Gasteiger partial charge in [0.2, 0.25) is 0 Å². The Morgan fingerprint density at radius 2 is 2.30 bits per heavy atom. The zero-order valence-electron chi connectivity index (χ0n) is 5.30. The number of allylic oxidation sites excluding steroid dienone is 1. The van der Waals surface area contributed by atoms with Crippen molar-refractivity contribution in [2.75, 3.05) is 0 Å². The standard InChI is InChI=1S/C5H9O4P/c6-10(7,8)5-3-1-2-4-9-5/h2,4-5H,1,3H2,(H2,6,7,8). The van der Waals surface area contributed by atoms with E-state index in [1.165, 1.54) is 6.26 Å². The highest BCUT2D eigenvalue weighted by Crippen LogP contribution is 2.45. The molecule has 0 saturated heterocycles. The number of rotatable bonds is 1. The predicted octanol–water partition coefficient (Wildman–Crippen LogP) is 0.814. The Balaban J connectivity index is 2.58. The largest absolute Gasteiger partial charge is 0.486 e. The molecule has 0 bridgehead atoms. The second kappa shape index (κ2) is 2.74. The van der Waals surface area contributed by atoms with Gasteiger partial charge in [0.1, 0.15) is 0 Å². The molecule has 1 aliphatic heterocycles. The third-order valence-electron chi connectivity index (χ3n) is 1.29. The fourth-order valence-corrected chi connectivity index (χ4v) is 1.48. The minimum Gasteiger partial charge on any atom is -0.486 e. The molecule has 0 radical (unpaired) electrons. The van der Waals surface area contributed by atoms with Gasteiger partial charge in [-0.3, -0.25) is 4.57 Å². The molecule has 1 unspecified atom stereocenters. The third kappa shape index (κ3) is 1.84. The van der Waals surface area contributed by atoms with E-state index < -0.39 is 13.4 Å². The van der Waals surface area contributed by atoms with Crippen molar-refractivity contribution >= 4 is 7.60 Å². The molecule has 0 spiro atoms. The fourth-order valence-electron chi connectivity index (χ4n) is 0.769. The first-order valence-electron chi connectivity index (χ1n) is 2.96. The summed E-state index contributed by atoms with van der Waals surface area (Å²) in [4.78, 5) is 17.2. The van der Waals surface area contributed by atoms with Crippen molar-refractivity contribution in [3.63, 3.8) is 0 Å². The lowest BCUT2D eigenvalue weighted by molar-refractivity contribution is 0.156. The lowest BCUT2D eigenvalue weighted by Crippen LogP contribution is -2.12. The lowest BCUT2D eigenvalue weighted by atomic mass is 10.3. The molecule has 2 N–H and O–H groups in total. The predicted molar refractivity (Wildman–Crippen MR) is 35.3 cm³/mol. The maximum absolute atomic E-state index is 10.5. The molecule has 0 aromatic heterocycles. The summed E-state index contributed by atoms with van der Waals surface area (Å²) in [7, 11) is -4.01. The topological polar surface area (TPSA) is 66.8 Å². The number of hydrogen-bond acceptors (Lipinski definition) is 2. The summed E-state index contributed by atoms with van der Waals surface area (Å²) in [6.45, 7) is 0. The van der Waals surface area contributed by atoms with Gasteiger partial charge in [-0.05, 0) is 18.9 Å². The normalized spacial score (nSPS) is 26.0. The number of hydrogen-bond donors (Lipinski definition) is 2. The maximum atomic E-state index is 10.5. The minimum absolute atomic E-state index is 0.404. The highest BCUT2D eigenvalue weighted by molar-refractivity contribution is 7.52. The summed E-state index contributed by atoms with van der Waals surface area (Å²) in [5.41, 5.74) is 0. The van der Waals surface area contributed by atoms with E-state index in [0.29, 0.717) is 12.8 Å². The molecule has 1 rings (SSSR count). The summed E-state index contributed by atoms with van der Waals surface area (Å²) in [5.74, 6) is -0.919. The van der Waals surface area contributed by atoms with Crippen molar-refractivity contribution in [2.24, 2.45) is 0 Å². The van der Waals surface area contributed by atoms with E-state index in [2.05, 4.69) is 0 Å². The van der Waals surface area contributed by atoms with Gasteiger partial charge < -0.3 is 14.5 Å². The van der Waals surface area contributed by atoms with E-state index in [0.717, 1.165) is 0 Å². The highest BCUT2D eigenvalue weighted by Gasteiger charge is 2.30. The van der Waals surface area contributed by atoms with E-state index in [4.69, 9.17) is 14.5 Å². The SMILES string of the molecule is O=P(O)(O)C1CCC=CO1. The zero-order chi connectivity index (χ0) is 7.61. The first-order valence-corrected chi connectivity index (χ1v) is 4.64. The van der Waals surface area contributed by atoms with Gasteiger partial charge in [0, 0.05) is 0 Å². The molecular formula is C5H9O4P. The Labute approximate surface area is 58.7 Å². The molecule has 58 valence electrons. The van der Waals surface area contributed by atoms with Gasteiger partial charge in [0.05, 0.1) is 6.26 Å². The molecule has 0 aromatic rings. The van der Waals surface area contributed by atoms with Crippen LogP contribution in [-0.2, 0) is 9.30 Å². The third-order valence-corrected chi connectivity index (χ3v) is 2.42. The van der Waals surface area contributed by atoms with Gasteiger partial charge in [-0.1, -0.05) is 0 Å².